The van der Waals surface area contributed by atoms with Crippen LogP contribution in [0.25, 0.3) is 5.69 Å². The number of rotatable bonds is 4. The average Bonchev–Trinajstić information content (AvgIpc) is 2.94. The molecule has 0 amide bonds. The Morgan fingerprint density at radius 2 is 1.71 bits per heavy atom. The predicted molar refractivity (Wildman–Crippen MR) is 96.6 cm³/mol. The van der Waals surface area contributed by atoms with Gasteiger partial charge in [-0.25, -0.2) is 4.68 Å². The maximum Gasteiger partial charge on any atom is 0.298 e. The van der Waals surface area contributed by atoms with Crippen LogP contribution in [0.2, 0.25) is 0 Å². The molecule has 6 heteroatoms. The van der Waals surface area contributed by atoms with Gasteiger partial charge < -0.3 is 0 Å². The Morgan fingerprint density at radius 1 is 0.958 bits per heavy atom. The molecule has 0 aliphatic rings. The summed E-state index contributed by atoms with van der Waals surface area (Å²) in [5.41, 5.74) is 2.63. The van der Waals surface area contributed by atoms with Gasteiger partial charge in [0.25, 0.3) is 5.56 Å². The van der Waals surface area contributed by atoms with Gasteiger partial charge in [-0.2, -0.15) is 5.11 Å². The smallest absolute Gasteiger partial charge is 0.298 e. The number of nitrogens with one attached hydrogen (secondary N) is 1. The second-order valence-corrected chi connectivity index (χ2v) is 6.37. The fraction of sp³-hybridized carbons (Fsp3) is 0.167. The number of aromatic amines is 1. The van der Waals surface area contributed by atoms with Crippen molar-refractivity contribution in [2.24, 2.45) is 10.2 Å². The van der Waals surface area contributed by atoms with Gasteiger partial charge in [-0.05, 0) is 24.3 Å². The molecular weight excluding hydrogens is 302 g/mol. The first kappa shape index (κ1) is 15.9. The van der Waals surface area contributed by atoms with Crippen molar-refractivity contribution >= 4 is 17.1 Å². The average molecular weight is 322 g/mol. The molecule has 24 heavy (non-hydrogen) atoms. The lowest BCUT2D eigenvalue weighted by molar-refractivity contribution is 0.486. The first-order valence-electron chi connectivity index (χ1n) is 7.65. The van der Waals surface area contributed by atoms with Crippen molar-refractivity contribution in [3.63, 3.8) is 0 Å². The molecule has 1 N–H and O–H groups in total. The Hall–Kier alpha value is -2.99. The molecule has 0 saturated heterocycles. The molecule has 2 aromatic carbocycles. The van der Waals surface area contributed by atoms with Crippen LogP contribution in [0.4, 0.5) is 17.1 Å². The molecule has 0 aliphatic heterocycles. The molecule has 0 radical (unpaired) electrons. The number of aromatic nitrogens is 2. The van der Waals surface area contributed by atoms with Crippen LogP contribution in [-0.2, 0) is 0 Å². The van der Waals surface area contributed by atoms with Gasteiger partial charge in [0.05, 0.1) is 38.7 Å². The summed E-state index contributed by atoms with van der Waals surface area (Å²) in [7, 11) is 6.25. The number of hydrogen-bond donors (Lipinski definition) is 1. The van der Waals surface area contributed by atoms with E-state index < -0.39 is 0 Å². The molecule has 122 valence electrons. The maximum absolute atomic E-state index is 12.4. The molecule has 0 bridgehead atoms. The van der Waals surface area contributed by atoms with E-state index in [2.05, 4.69) is 36.5 Å². The minimum atomic E-state index is -0.229. The van der Waals surface area contributed by atoms with Gasteiger partial charge in [0.2, 0.25) is 0 Å². The molecule has 0 spiro atoms. The van der Waals surface area contributed by atoms with Crippen molar-refractivity contribution in [1.29, 1.82) is 0 Å². The van der Waals surface area contributed by atoms with Crippen LogP contribution in [0.3, 0.4) is 0 Å². The molecule has 0 fully saturated rings. The minimum absolute atomic E-state index is 0.229. The minimum Gasteiger partial charge on any atom is -0.298 e. The Morgan fingerprint density at radius 3 is 2.42 bits per heavy atom. The SMILES string of the molecule is C[N+](C)(C)c1cccc(N=Nc2c[nH]n(-c3ccccc3)c2=O)c1. The Kier molecular flexibility index (Phi) is 4.14. The Labute approximate surface area is 140 Å². The summed E-state index contributed by atoms with van der Waals surface area (Å²) >= 11 is 0. The van der Waals surface area contributed by atoms with Crippen molar-refractivity contribution in [3.05, 3.63) is 71.1 Å². The van der Waals surface area contributed by atoms with Crippen molar-refractivity contribution < 1.29 is 0 Å². The van der Waals surface area contributed by atoms with Crippen LogP contribution in [0.1, 0.15) is 0 Å². The number of benzene rings is 2. The van der Waals surface area contributed by atoms with Gasteiger partial charge >= 0.3 is 0 Å². The highest BCUT2D eigenvalue weighted by Crippen LogP contribution is 2.24. The first-order valence-corrected chi connectivity index (χ1v) is 7.65. The van der Waals surface area contributed by atoms with Crippen molar-refractivity contribution in [2.45, 2.75) is 0 Å². The third-order valence-electron chi connectivity index (χ3n) is 3.64. The summed E-state index contributed by atoms with van der Waals surface area (Å²) in [4.78, 5) is 12.4. The van der Waals surface area contributed by atoms with Gasteiger partial charge in [-0.3, -0.25) is 14.4 Å². The van der Waals surface area contributed by atoms with Crippen LogP contribution >= 0.6 is 0 Å². The summed E-state index contributed by atoms with van der Waals surface area (Å²) in [5, 5.41) is 11.2. The van der Waals surface area contributed by atoms with Crippen LogP contribution in [0, 0.1) is 0 Å². The summed E-state index contributed by atoms with van der Waals surface area (Å²) in [6, 6.07) is 17.2. The molecule has 3 aromatic rings. The number of azo groups is 1. The summed E-state index contributed by atoms with van der Waals surface area (Å²) in [6.45, 7) is 0. The van der Waals surface area contributed by atoms with Gasteiger partial charge in [0.1, 0.15) is 5.69 Å². The normalized spacial score (nSPS) is 12.0. The Bertz CT molecular complexity index is 916. The largest absolute Gasteiger partial charge is 0.298 e. The number of H-pyrrole nitrogens is 1. The molecule has 6 nitrogen and oxygen atoms in total. The molecule has 0 atom stereocenters. The molecule has 3 rings (SSSR count). The quantitative estimate of drug-likeness (QED) is 0.576. The zero-order valence-electron chi connectivity index (χ0n) is 14.0. The van der Waals surface area contributed by atoms with Crippen LogP contribution in [0.5, 0.6) is 0 Å². The highest BCUT2D eigenvalue weighted by atomic mass is 16.1. The van der Waals surface area contributed by atoms with Gasteiger partial charge in [0, 0.05) is 6.07 Å². The monoisotopic (exact) mass is 322 g/mol. The number of para-hydroxylation sites is 1. The standard InChI is InChI=1S/C18H19N5O/c1-23(2,3)16-11-7-8-14(12-16)20-21-17-13-19-22(18(17)24)15-9-5-4-6-10-15/h4-13H,1-3H3/p+1. The molecule has 1 aromatic heterocycles. The molecule has 1 heterocycles. The van der Waals surface area contributed by atoms with E-state index in [0.717, 1.165) is 11.4 Å². The van der Waals surface area contributed by atoms with E-state index in [0.29, 0.717) is 10.2 Å². The lowest BCUT2D eigenvalue weighted by atomic mass is 10.2. The lowest BCUT2D eigenvalue weighted by Gasteiger charge is -2.23. The highest BCUT2D eigenvalue weighted by Gasteiger charge is 2.12. The van der Waals surface area contributed by atoms with Gasteiger partial charge in [-0.15, -0.1) is 5.11 Å². The fourth-order valence-corrected chi connectivity index (χ4v) is 2.29. The molecule has 0 unspecified atom stereocenters. The topological polar surface area (TPSA) is 62.5 Å². The van der Waals surface area contributed by atoms with Crippen molar-refractivity contribution in [2.75, 3.05) is 21.1 Å². The van der Waals surface area contributed by atoms with Gasteiger partial charge in [-0.1, -0.05) is 24.3 Å². The third-order valence-corrected chi connectivity index (χ3v) is 3.64. The van der Waals surface area contributed by atoms with E-state index in [1.165, 1.54) is 4.68 Å². The van der Waals surface area contributed by atoms with Gasteiger partial charge in [0.15, 0.2) is 5.69 Å². The second kappa shape index (κ2) is 6.25. The van der Waals surface area contributed by atoms with Crippen LogP contribution in [0.15, 0.2) is 75.8 Å². The van der Waals surface area contributed by atoms with E-state index in [1.54, 1.807) is 6.20 Å². The number of nitrogens with zero attached hydrogens (tertiary/aromatic N) is 4. The molecule has 0 saturated carbocycles. The third kappa shape index (κ3) is 3.33. The zero-order valence-corrected chi connectivity index (χ0v) is 14.0. The second-order valence-electron chi connectivity index (χ2n) is 6.37. The fourth-order valence-electron chi connectivity index (χ4n) is 2.29. The number of quaternary nitrogens is 1. The summed E-state index contributed by atoms with van der Waals surface area (Å²) in [6.07, 6.45) is 1.56. The number of hydrogen-bond acceptors (Lipinski definition) is 3. The molecule has 0 aliphatic carbocycles. The zero-order chi connectivity index (χ0) is 17.2. The molecular formula is C18H20N5O+. The Balaban J connectivity index is 1.89. The van der Waals surface area contributed by atoms with Crippen LogP contribution in [-0.4, -0.2) is 30.9 Å². The summed E-state index contributed by atoms with van der Waals surface area (Å²) < 4.78 is 2.13. The predicted octanol–water partition coefficient (Wildman–Crippen LogP) is 3.78. The van der Waals surface area contributed by atoms with Crippen molar-refractivity contribution in [1.82, 2.24) is 14.3 Å². The highest BCUT2D eigenvalue weighted by molar-refractivity contribution is 5.52. The maximum atomic E-state index is 12.4. The van der Waals surface area contributed by atoms with Crippen molar-refractivity contribution in [3.8, 4) is 5.69 Å². The first-order chi connectivity index (χ1) is 11.4. The van der Waals surface area contributed by atoms with E-state index in [4.69, 9.17) is 0 Å². The van der Waals surface area contributed by atoms with E-state index in [1.807, 2.05) is 54.6 Å². The van der Waals surface area contributed by atoms with E-state index >= 15 is 0 Å². The van der Waals surface area contributed by atoms with E-state index in [-0.39, 0.29) is 11.2 Å². The van der Waals surface area contributed by atoms with Crippen LogP contribution < -0.4 is 10.0 Å². The summed E-state index contributed by atoms with van der Waals surface area (Å²) in [5.74, 6) is 0. The van der Waals surface area contributed by atoms with E-state index in [9.17, 15) is 4.79 Å². The lowest BCUT2D eigenvalue weighted by Crippen LogP contribution is -2.34.